The highest BCUT2D eigenvalue weighted by Crippen LogP contribution is 2.27. The molecule has 1 aromatic rings. The molecule has 0 radical (unpaired) electrons. The van der Waals surface area contributed by atoms with Crippen LogP contribution < -0.4 is 11.1 Å². The first-order valence-electron chi connectivity index (χ1n) is 5.49. The molecule has 0 aromatic heterocycles. The highest BCUT2D eigenvalue weighted by Gasteiger charge is 2.21. The number of hydrogen-bond donors (Lipinski definition) is 2. The highest BCUT2D eigenvalue weighted by molar-refractivity contribution is 6.30. The van der Waals surface area contributed by atoms with Crippen molar-refractivity contribution in [1.29, 1.82) is 0 Å². The normalized spacial score (nSPS) is 20.1. The average molecular weight is 225 g/mol. The van der Waals surface area contributed by atoms with Gasteiger partial charge >= 0.3 is 0 Å². The molecule has 2 nitrogen and oxygen atoms in total. The maximum Gasteiger partial charge on any atom is 0.0406 e. The molecular weight excluding hydrogens is 208 g/mol. The molecule has 1 heterocycles. The van der Waals surface area contributed by atoms with Crippen LogP contribution in [-0.2, 0) is 0 Å². The molecule has 1 fully saturated rings. The summed E-state index contributed by atoms with van der Waals surface area (Å²) in [6, 6.07) is 8.06. The summed E-state index contributed by atoms with van der Waals surface area (Å²) in [6.45, 7) is 2.18. The third-order valence-electron chi connectivity index (χ3n) is 3.15. The summed E-state index contributed by atoms with van der Waals surface area (Å²) in [5.41, 5.74) is 7.45. The van der Waals surface area contributed by atoms with Crippen LogP contribution in [-0.4, -0.2) is 13.1 Å². The van der Waals surface area contributed by atoms with E-state index in [1.807, 2.05) is 24.3 Å². The minimum atomic E-state index is 0.157. The first kappa shape index (κ1) is 10.9. The second-order valence-corrected chi connectivity index (χ2v) is 4.60. The summed E-state index contributed by atoms with van der Waals surface area (Å²) in [5, 5.41) is 4.13. The average Bonchev–Trinajstić information content (AvgIpc) is 2.30. The molecule has 3 heteroatoms. The minimum absolute atomic E-state index is 0.157. The lowest BCUT2D eigenvalue weighted by atomic mass is 9.87. The zero-order valence-corrected chi connectivity index (χ0v) is 9.50. The predicted molar refractivity (Wildman–Crippen MR) is 64.0 cm³/mol. The molecule has 0 spiro atoms. The van der Waals surface area contributed by atoms with Crippen molar-refractivity contribution >= 4 is 11.6 Å². The van der Waals surface area contributed by atoms with Crippen molar-refractivity contribution in [1.82, 2.24) is 5.32 Å². The molecule has 0 aliphatic carbocycles. The molecule has 0 bridgehead atoms. The molecule has 0 saturated carbocycles. The summed E-state index contributed by atoms with van der Waals surface area (Å²) >= 11 is 5.85. The lowest BCUT2D eigenvalue weighted by molar-refractivity contribution is 0.322. The van der Waals surface area contributed by atoms with Crippen LogP contribution >= 0.6 is 11.6 Å². The van der Waals surface area contributed by atoms with E-state index in [1.54, 1.807) is 0 Å². The zero-order valence-electron chi connectivity index (χ0n) is 8.75. The largest absolute Gasteiger partial charge is 0.324 e. The van der Waals surface area contributed by atoms with Gasteiger partial charge in [-0.2, -0.15) is 0 Å². The topological polar surface area (TPSA) is 38.0 Å². The lowest BCUT2D eigenvalue weighted by Gasteiger charge is -2.28. The Hall–Kier alpha value is -0.570. The van der Waals surface area contributed by atoms with Crippen LogP contribution in [0, 0.1) is 5.92 Å². The zero-order chi connectivity index (χ0) is 10.7. The van der Waals surface area contributed by atoms with Crippen LogP contribution in [0.25, 0.3) is 0 Å². The van der Waals surface area contributed by atoms with E-state index in [0.717, 1.165) is 18.1 Å². The smallest absolute Gasteiger partial charge is 0.0406 e. The minimum Gasteiger partial charge on any atom is -0.324 e. The lowest BCUT2D eigenvalue weighted by Crippen LogP contribution is -2.33. The van der Waals surface area contributed by atoms with Gasteiger partial charge in [-0.1, -0.05) is 23.7 Å². The molecule has 3 N–H and O–H groups in total. The third kappa shape index (κ3) is 2.71. The van der Waals surface area contributed by atoms with Gasteiger partial charge in [-0.3, -0.25) is 0 Å². The fraction of sp³-hybridized carbons (Fsp3) is 0.500. The standard InChI is InChI=1S/C12H17ClN2/c13-11-3-1-9(2-4-11)12(14)10-5-7-15-8-6-10/h1-4,10,12,15H,5-8,14H2/t12-/m0/s1. The number of benzene rings is 1. The molecule has 1 saturated heterocycles. The summed E-state index contributed by atoms with van der Waals surface area (Å²) in [5.74, 6) is 0.604. The number of halogens is 1. The van der Waals surface area contributed by atoms with Gasteiger partial charge in [0.15, 0.2) is 0 Å². The third-order valence-corrected chi connectivity index (χ3v) is 3.40. The van der Waals surface area contributed by atoms with E-state index in [1.165, 1.54) is 18.4 Å². The molecule has 1 aromatic carbocycles. The Labute approximate surface area is 95.8 Å². The Morgan fingerprint density at radius 3 is 2.40 bits per heavy atom. The molecular formula is C12H17ClN2. The van der Waals surface area contributed by atoms with Gasteiger partial charge in [0.1, 0.15) is 0 Å². The van der Waals surface area contributed by atoms with Crippen molar-refractivity contribution in [2.45, 2.75) is 18.9 Å². The highest BCUT2D eigenvalue weighted by atomic mass is 35.5. The summed E-state index contributed by atoms with van der Waals surface area (Å²) in [7, 11) is 0. The van der Waals surface area contributed by atoms with E-state index >= 15 is 0 Å². The Kier molecular flexibility index (Phi) is 3.62. The number of hydrogen-bond acceptors (Lipinski definition) is 2. The van der Waals surface area contributed by atoms with Gasteiger partial charge in [-0.15, -0.1) is 0 Å². The van der Waals surface area contributed by atoms with Crippen LogP contribution in [0.2, 0.25) is 5.02 Å². The van der Waals surface area contributed by atoms with Crippen molar-refractivity contribution < 1.29 is 0 Å². The van der Waals surface area contributed by atoms with Crippen LogP contribution in [0.3, 0.4) is 0 Å². The van der Waals surface area contributed by atoms with Gasteiger partial charge in [-0.05, 0) is 49.5 Å². The van der Waals surface area contributed by atoms with Crippen molar-refractivity contribution in [3.05, 3.63) is 34.9 Å². The maximum absolute atomic E-state index is 6.25. The monoisotopic (exact) mass is 224 g/mol. The quantitative estimate of drug-likeness (QED) is 0.810. The Balaban J connectivity index is 2.05. The summed E-state index contributed by atoms with van der Waals surface area (Å²) < 4.78 is 0. The van der Waals surface area contributed by atoms with Crippen molar-refractivity contribution in [2.75, 3.05) is 13.1 Å². The second kappa shape index (κ2) is 4.97. The molecule has 0 unspecified atom stereocenters. The van der Waals surface area contributed by atoms with Gasteiger partial charge in [0.2, 0.25) is 0 Å². The van der Waals surface area contributed by atoms with Gasteiger partial charge in [0, 0.05) is 11.1 Å². The maximum atomic E-state index is 6.25. The molecule has 1 atom stereocenters. The van der Waals surface area contributed by atoms with Crippen LogP contribution in [0.1, 0.15) is 24.4 Å². The molecule has 15 heavy (non-hydrogen) atoms. The van der Waals surface area contributed by atoms with Crippen LogP contribution in [0.4, 0.5) is 0 Å². The van der Waals surface area contributed by atoms with Gasteiger partial charge in [0.05, 0.1) is 0 Å². The van der Waals surface area contributed by atoms with Crippen LogP contribution in [0.5, 0.6) is 0 Å². The van der Waals surface area contributed by atoms with Gasteiger partial charge < -0.3 is 11.1 Å². The molecule has 2 rings (SSSR count). The molecule has 1 aliphatic rings. The fourth-order valence-corrected chi connectivity index (χ4v) is 2.29. The first-order chi connectivity index (χ1) is 7.27. The Morgan fingerprint density at radius 1 is 1.20 bits per heavy atom. The van der Waals surface area contributed by atoms with E-state index in [9.17, 15) is 0 Å². The van der Waals surface area contributed by atoms with E-state index in [2.05, 4.69) is 5.32 Å². The van der Waals surface area contributed by atoms with Crippen molar-refractivity contribution in [3.8, 4) is 0 Å². The second-order valence-electron chi connectivity index (χ2n) is 4.16. The summed E-state index contributed by atoms with van der Waals surface area (Å²) in [4.78, 5) is 0. The Morgan fingerprint density at radius 2 is 1.80 bits per heavy atom. The molecule has 0 amide bonds. The van der Waals surface area contributed by atoms with E-state index in [0.29, 0.717) is 5.92 Å². The number of piperidine rings is 1. The predicted octanol–water partition coefficient (Wildman–Crippen LogP) is 2.34. The first-order valence-corrected chi connectivity index (χ1v) is 5.87. The van der Waals surface area contributed by atoms with Gasteiger partial charge in [0.25, 0.3) is 0 Å². The number of nitrogens with one attached hydrogen (secondary N) is 1. The van der Waals surface area contributed by atoms with E-state index in [-0.39, 0.29) is 6.04 Å². The number of rotatable bonds is 2. The summed E-state index contributed by atoms with van der Waals surface area (Å²) in [6.07, 6.45) is 2.34. The van der Waals surface area contributed by atoms with Crippen molar-refractivity contribution in [2.24, 2.45) is 11.7 Å². The molecule has 82 valence electrons. The van der Waals surface area contributed by atoms with Crippen LogP contribution in [0.15, 0.2) is 24.3 Å². The van der Waals surface area contributed by atoms with Crippen molar-refractivity contribution in [3.63, 3.8) is 0 Å². The van der Waals surface area contributed by atoms with Gasteiger partial charge in [-0.25, -0.2) is 0 Å². The van der Waals surface area contributed by atoms with E-state index in [4.69, 9.17) is 17.3 Å². The number of nitrogens with two attached hydrogens (primary N) is 1. The van der Waals surface area contributed by atoms with E-state index < -0.39 is 0 Å². The fourth-order valence-electron chi connectivity index (χ4n) is 2.16. The SMILES string of the molecule is N[C@@H](c1ccc(Cl)cc1)C1CCNCC1. The Bertz CT molecular complexity index is 304. The molecule has 1 aliphatic heterocycles.